The van der Waals surface area contributed by atoms with E-state index in [-0.39, 0.29) is 6.61 Å². The molecule has 0 spiro atoms. The quantitative estimate of drug-likeness (QED) is 0.882. The molecule has 2 aromatic rings. The highest BCUT2D eigenvalue weighted by atomic mass is 79.9. The zero-order chi connectivity index (χ0) is 10.1. The first-order chi connectivity index (χ1) is 6.76. The third kappa shape index (κ3) is 1.60. The molecule has 0 unspecified atom stereocenters. The molecule has 0 bridgehead atoms. The molecular formula is C11H11BrOS. The van der Waals surface area contributed by atoms with Crippen LogP contribution in [0.15, 0.2) is 22.7 Å². The lowest BCUT2D eigenvalue weighted by atomic mass is 10.1. The van der Waals surface area contributed by atoms with Gasteiger partial charge in [0.2, 0.25) is 0 Å². The van der Waals surface area contributed by atoms with E-state index in [9.17, 15) is 0 Å². The number of rotatable bonds is 2. The Kier molecular flexibility index (Phi) is 2.91. The van der Waals surface area contributed by atoms with Gasteiger partial charge in [0.05, 0.1) is 6.61 Å². The summed E-state index contributed by atoms with van der Waals surface area (Å²) in [6, 6.07) is 6.46. The van der Waals surface area contributed by atoms with E-state index in [0.717, 1.165) is 15.8 Å². The molecule has 0 atom stereocenters. The molecule has 0 aliphatic carbocycles. The molecule has 0 amide bonds. The van der Waals surface area contributed by atoms with Crippen molar-refractivity contribution in [2.24, 2.45) is 0 Å². The first-order valence-corrected chi connectivity index (χ1v) is 6.18. The molecule has 0 fully saturated rings. The zero-order valence-electron chi connectivity index (χ0n) is 7.88. The van der Waals surface area contributed by atoms with Crippen molar-refractivity contribution in [3.05, 3.63) is 33.1 Å². The van der Waals surface area contributed by atoms with E-state index in [4.69, 9.17) is 5.11 Å². The summed E-state index contributed by atoms with van der Waals surface area (Å²) in [6.07, 6.45) is 1.06. The number of thiophene rings is 1. The molecule has 1 nitrogen and oxygen atoms in total. The number of hydrogen-bond donors (Lipinski definition) is 1. The Morgan fingerprint density at radius 3 is 2.86 bits per heavy atom. The van der Waals surface area contributed by atoms with E-state index in [0.29, 0.717) is 0 Å². The molecular weight excluding hydrogens is 260 g/mol. The fraction of sp³-hybridized carbons (Fsp3) is 0.273. The maximum Gasteiger partial charge on any atom is 0.0786 e. The summed E-state index contributed by atoms with van der Waals surface area (Å²) < 4.78 is 2.29. The number of aliphatic hydroxyl groups excluding tert-OH is 1. The lowest BCUT2D eigenvalue weighted by molar-refractivity contribution is 0.285. The molecule has 74 valence electrons. The van der Waals surface area contributed by atoms with Gasteiger partial charge in [-0.2, -0.15) is 0 Å². The van der Waals surface area contributed by atoms with Gasteiger partial charge in [-0.25, -0.2) is 0 Å². The molecule has 0 aliphatic rings. The Morgan fingerprint density at radius 1 is 1.43 bits per heavy atom. The number of hydrogen-bond acceptors (Lipinski definition) is 2. The largest absolute Gasteiger partial charge is 0.391 e. The fourth-order valence-corrected chi connectivity index (χ4v) is 3.35. The standard InChI is InChI=1S/C11H11BrOS/c1-2-7-3-4-8-9(5-7)14-10(6-13)11(8)12/h3-5,13H,2,6H2,1H3. The van der Waals surface area contributed by atoms with Crippen molar-refractivity contribution in [2.45, 2.75) is 20.0 Å². The molecule has 2 rings (SSSR count). The second-order valence-corrected chi connectivity index (χ2v) is 5.11. The second-order valence-electron chi connectivity index (χ2n) is 3.18. The number of halogens is 1. The van der Waals surface area contributed by atoms with Gasteiger partial charge >= 0.3 is 0 Å². The molecule has 14 heavy (non-hydrogen) atoms. The van der Waals surface area contributed by atoms with Gasteiger partial charge in [-0.15, -0.1) is 11.3 Å². The average molecular weight is 271 g/mol. The van der Waals surface area contributed by atoms with Crippen molar-refractivity contribution in [1.82, 2.24) is 0 Å². The van der Waals surface area contributed by atoms with E-state index in [1.165, 1.54) is 15.6 Å². The van der Waals surface area contributed by atoms with Crippen LogP contribution in [-0.4, -0.2) is 5.11 Å². The van der Waals surface area contributed by atoms with Crippen molar-refractivity contribution in [3.8, 4) is 0 Å². The molecule has 1 aromatic heterocycles. The lowest BCUT2D eigenvalue weighted by Gasteiger charge is -1.95. The highest BCUT2D eigenvalue weighted by molar-refractivity contribution is 9.10. The minimum Gasteiger partial charge on any atom is -0.391 e. The Hall–Kier alpha value is -0.380. The van der Waals surface area contributed by atoms with Crippen molar-refractivity contribution < 1.29 is 5.11 Å². The smallest absolute Gasteiger partial charge is 0.0786 e. The van der Waals surface area contributed by atoms with Gasteiger partial charge in [-0.1, -0.05) is 19.1 Å². The number of fused-ring (bicyclic) bond motifs is 1. The summed E-state index contributed by atoms with van der Waals surface area (Å²) >= 11 is 5.17. The van der Waals surface area contributed by atoms with Gasteiger partial charge in [0.1, 0.15) is 0 Å². The predicted molar refractivity (Wildman–Crippen MR) is 64.8 cm³/mol. The normalized spacial score (nSPS) is 11.1. The minimum atomic E-state index is 0.112. The summed E-state index contributed by atoms with van der Waals surface area (Å²) in [5.74, 6) is 0. The van der Waals surface area contributed by atoms with Crippen LogP contribution in [0.2, 0.25) is 0 Å². The van der Waals surface area contributed by atoms with Gasteiger partial charge in [0, 0.05) is 19.4 Å². The zero-order valence-corrected chi connectivity index (χ0v) is 10.3. The third-order valence-electron chi connectivity index (χ3n) is 2.31. The number of aliphatic hydroxyl groups is 1. The van der Waals surface area contributed by atoms with Crippen LogP contribution >= 0.6 is 27.3 Å². The van der Waals surface area contributed by atoms with Crippen LogP contribution in [-0.2, 0) is 13.0 Å². The van der Waals surface area contributed by atoms with Gasteiger partial charge in [-0.3, -0.25) is 0 Å². The first-order valence-electron chi connectivity index (χ1n) is 4.57. The monoisotopic (exact) mass is 270 g/mol. The van der Waals surface area contributed by atoms with Crippen molar-refractivity contribution in [3.63, 3.8) is 0 Å². The lowest BCUT2D eigenvalue weighted by Crippen LogP contribution is -1.77. The fourth-order valence-electron chi connectivity index (χ4n) is 1.48. The molecule has 0 saturated heterocycles. The van der Waals surface area contributed by atoms with Crippen LogP contribution in [0.4, 0.5) is 0 Å². The molecule has 0 aliphatic heterocycles. The summed E-state index contributed by atoms with van der Waals surface area (Å²) in [4.78, 5) is 1.01. The minimum absolute atomic E-state index is 0.112. The first kappa shape index (κ1) is 10.1. The summed E-state index contributed by atoms with van der Waals surface area (Å²) in [5.41, 5.74) is 1.34. The van der Waals surface area contributed by atoms with E-state index in [2.05, 4.69) is 41.1 Å². The Labute approximate surface area is 95.5 Å². The highest BCUT2D eigenvalue weighted by Gasteiger charge is 2.08. The van der Waals surface area contributed by atoms with Crippen LogP contribution in [0, 0.1) is 0 Å². The Morgan fingerprint density at radius 2 is 2.21 bits per heavy atom. The highest BCUT2D eigenvalue weighted by Crippen LogP contribution is 2.36. The molecule has 1 aromatic carbocycles. The third-order valence-corrected chi connectivity index (χ3v) is 4.62. The van der Waals surface area contributed by atoms with Crippen molar-refractivity contribution in [1.29, 1.82) is 0 Å². The molecule has 3 heteroatoms. The van der Waals surface area contributed by atoms with Crippen LogP contribution in [0.25, 0.3) is 10.1 Å². The maximum absolute atomic E-state index is 9.13. The molecule has 1 heterocycles. The van der Waals surface area contributed by atoms with Crippen molar-refractivity contribution in [2.75, 3.05) is 0 Å². The SMILES string of the molecule is CCc1ccc2c(Br)c(CO)sc2c1. The van der Waals surface area contributed by atoms with E-state index in [1.54, 1.807) is 11.3 Å². The topological polar surface area (TPSA) is 20.2 Å². The molecule has 0 radical (unpaired) electrons. The van der Waals surface area contributed by atoms with Gasteiger partial charge in [0.25, 0.3) is 0 Å². The van der Waals surface area contributed by atoms with Gasteiger partial charge in [-0.05, 0) is 34.0 Å². The maximum atomic E-state index is 9.13. The predicted octanol–water partition coefficient (Wildman–Crippen LogP) is 3.72. The Bertz CT molecular complexity index is 462. The molecule has 0 saturated carbocycles. The van der Waals surface area contributed by atoms with Crippen LogP contribution in [0.1, 0.15) is 17.4 Å². The second kappa shape index (κ2) is 4.01. The van der Waals surface area contributed by atoms with E-state index in [1.807, 2.05) is 0 Å². The van der Waals surface area contributed by atoms with Gasteiger partial charge < -0.3 is 5.11 Å². The summed E-state index contributed by atoms with van der Waals surface area (Å²) in [6.45, 7) is 2.26. The number of aryl methyl sites for hydroxylation is 1. The summed E-state index contributed by atoms with van der Waals surface area (Å²) in [7, 11) is 0. The average Bonchev–Trinajstić information content (AvgIpc) is 2.55. The molecule has 1 N–H and O–H groups in total. The number of benzene rings is 1. The van der Waals surface area contributed by atoms with Crippen LogP contribution < -0.4 is 0 Å². The van der Waals surface area contributed by atoms with Crippen molar-refractivity contribution >= 4 is 37.4 Å². The van der Waals surface area contributed by atoms with E-state index >= 15 is 0 Å². The van der Waals surface area contributed by atoms with E-state index < -0.39 is 0 Å². The van der Waals surface area contributed by atoms with Gasteiger partial charge in [0.15, 0.2) is 0 Å². The Balaban J connectivity index is 2.66. The summed E-state index contributed by atoms with van der Waals surface area (Å²) in [5, 5.41) is 10.3. The van der Waals surface area contributed by atoms with Crippen LogP contribution in [0.3, 0.4) is 0 Å². The van der Waals surface area contributed by atoms with Crippen LogP contribution in [0.5, 0.6) is 0 Å².